The van der Waals surface area contributed by atoms with Gasteiger partial charge in [0.25, 0.3) is 0 Å². The Balaban J connectivity index is 1.36. The lowest BCUT2D eigenvalue weighted by atomic mass is 9.93. The highest BCUT2D eigenvalue weighted by molar-refractivity contribution is 6.60. The highest BCUT2D eigenvalue weighted by atomic mass is 28.4. The van der Waals surface area contributed by atoms with Gasteiger partial charge in [0.1, 0.15) is 48.4 Å². The number of fused-ring (bicyclic) bond motifs is 2. The van der Waals surface area contributed by atoms with Crippen LogP contribution in [0.2, 0.25) is 6.04 Å². The van der Waals surface area contributed by atoms with Crippen LogP contribution in [0.3, 0.4) is 0 Å². The van der Waals surface area contributed by atoms with Crippen molar-refractivity contribution in [3.05, 3.63) is 71.8 Å². The number of epoxide rings is 2. The lowest BCUT2D eigenvalue weighted by Crippen LogP contribution is -2.46. The van der Waals surface area contributed by atoms with Gasteiger partial charge in [-0.15, -0.1) is 0 Å². The fourth-order valence-corrected chi connectivity index (χ4v) is 8.76. The molecule has 0 saturated carbocycles. The average molecular weight is 705 g/mol. The Hall–Kier alpha value is -3.38. The van der Waals surface area contributed by atoms with Crippen LogP contribution in [-0.2, 0) is 29.2 Å². The van der Waals surface area contributed by atoms with Crippen LogP contribution in [0.15, 0.2) is 60.7 Å². The van der Waals surface area contributed by atoms with E-state index in [9.17, 15) is 0 Å². The Labute approximate surface area is 297 Å². The van der Waals surface area contributed by atoms with E-state index in [2.05, 4.69) is 61.5 Å². The van der Waals surface area contributed by atoms with Crippen molar-refractivity contribution in [3.8, 4) is 23.0 Å². The summed E-state index contributed by atoms with van der Waals surface area (Å²) in [6.45, 7) is 13.5. The van der Waals surface area contributed by atoms with Gasteiger partial charge in [0.05, 0.1) is 26.4 Å². The Kier molecular flexibility index (Phi) is 12.9. The second-order valence-corrected chi connectivity index (χ2v) is 15.4. The standard InChI is InChI=1S/C40H52O9Si/c1-5-9-19-41-31-15-11-29-14-18-40(46-28-34-27-45-34)38(35(29)22-31)24-37-36-23-32(43-25-33-26-44-33)16-12-30(36)13-17-39(37)42-20-10-21-50(47-6-2,48-7-3)49-8-4/h11-18,22-23,33-34H,5-10,19-21,24-28H2,1-4H3. The summed E-state index contributed by atoms with van der Waals surface area (Å²) in [6.07, 6.45) is 3.70. The molecule has 6 rings (SSSR count). The van der Waals surface area contributed by atoms with E-state index in [0.29, 0.717) is 58.7 Å². The van der Waals surface area contributed by atoms with Crippen molar-refractivity contribution < 1.29 is 41.7 Å². The van der Waals surface area contributed by atoms with Crippen LogP contribution in [0.25, 0.3) is 21.5 Å². The second kappa shape index (κ2) is 17.7. The van der Waals surface area contributed by atoms with Gasteiger partial charge in [0.15, 0.2) is 0 Å². The number of rotatable bonds is 23. The van der Waals surface area contributed by atoms with Gasteiger partial charge < -0.3 is 41.7 Å². The van der Waals surface area contributed by atoms with Crippen molar-refractivity contribution in [2.24, 2.45) is 0 Å². The van der Waals surface area contributed by atoms with Crippen molar-refractivity contribution in [1.82, 2.24) is 0 Å². The molecule has 2 aliphatic heterocycles. The minimum atomic E-state index is -2.79. The van der Waals surface area contributed by atoms with Crippen molar-refractivity contribution in [3.63, 3.8) is 0 Å². The maximum atomic E-state index is 6.65. The zero-order valence-electron chi connectivity index (χ0n) is 30.0. The Morgan fingerprint density at radius 2 is 1.10 bits per heavy atom. The number of hydrogen-bond acceptors (Lipinski definition) is 9. The molecule has 2 saturated heterocycles. The molecule has 4 aromatic carbocycles. The van der Waals surface area contributed by atoms with Crippen LogP contribution in [0.1, 0.15) is 58.1 Å². The van der Waals surface area contributed by atoms with Gasteiger partial charge in [-0.25, -0.2) is 0 Å². The van der Waals surface area contributed by atoms with Crippen LogP contribution < -0.4 is 18.9 Å². The van der Waals surface area contributed by atoms with Crippen LogP contribution in [0, 0.1) is 0 Å². The van der Waals surface area contributed by atoms with Gasteiger partial charge >= 0.3 is 8.80 Å². The van der Waals surface area contributed by atoms with Gasteiger partial charge in [-0.1, -0.05) is 37.6 Å². The fourth-order valence-electron chi connectivity index (χ4n) is 6.18. The molecule has 0 radical (unpaired) electrons. The molecule has 2 heterocycles. The summed E-state index contributed by atoms with van der Waals surface area (Å²) in [4.78, 5) is 0. The fraction of sp³-hybridized carbons (Fsp3) is 0.500. The van der Waals surface area contributed by atoms with E-state index in [1.54, 1.807) is 0 Å². The monoisotopic (exact) mass is 704 g/mol. The Morgan fingerprint density at radius 1 is 0.600 bits per heavy atom. The maximum Gasteiger partial charge on any atom is 0.501 e. The van der Waals surface area contributed by atoms with Gasteiger partial charge in [-0.05, 0) is 91.6 Å². The molecular weight excluding hydrogens is 653 g/mol. The minimum Gasteiger partial charge on any atom is -0.494 e. The molecule has 4 aromatic rings. The Morgan fingerprint density at radius 3 is 1.64 bits per heavy atom. The van der Waals surface area contributed by atoms with E-state index < -0.39 is 8.80 Å². The van der Waals surface area contributed by atoms with Gasteiger partial charge in [0.2, 0.25) is 0 Å². The summed E-state index contributed by atoms with van der Waals surface area (Å²) in [6, 6.07) is 21.7. The maximum absolute atomic E-state index is 6.65. The molecule has 2 atom stereocenters. The number of ether oxygens (including phenoxy) is 6. The SMILES string of the molecule is CCCCOc1ccc2ccc(OCC3CO3)c(Cc3c(OCCC[Si](OCC)(OCC)OCC)ccc4ccc(OCC5CO5)cc34)c2c1. The first-order chi connectivity index (χ1) is 24.5. The summed E-state index contributed by atoms with van der Waals surface area (Å²) in [5.41, 5.74) is 2.14. The largest absolute Gasteiger partial charge is 0.501 e. The highest BCUT2D eigenvalue weighted by Gasteiger charge is 2.39. The van der Waals surface area contributed by atoms with E-state index in [1.165, 1.54) is 0 Å². The summed E-state index contributed by atoms with van der Waals surface area (Å²) in [5.74, 6) is 3.31. The summed E-state index contributed by atoms with van der Waals surface area (Å²) < 4.78 is 54.6. The number of benzene rings is 4. The first-order valence-corrected chi connectivity index (χ1v) is 20.2. The predicted molar refractivity (Wildman–Crippen MR) is 197 cm³/mol. The molecule has 50 heavy (non-hydrogen) atoms. The third kappa shape index (κ3) is 9.69. The van der Waals surface area contributed by atoms with Gasteiger partial charge in [-0.2, -0.15) is 0 Å². The predicted octanol–water partition coefficient (Wildman–Crippen LogP) is 8.14. The van der Waals surface area contributed by atoms with Crippen LogP contribution in [0.4, 0.5) is 0 Å². The van der Waals surface area contributed by atoms with Crippen LogP contribution >= 0.6 is 0 Å². The Bertz CT molecular complexity index is 1670. The molecule has 0 amide bonds. The molecule has 0 bridgehead atoms. The summed E-state index contributed by atoms with van der Waals surface area (Å²) in [5, 5.41) is 4.39. The highest BCUT2D eigenvalue weighted by Crippen LogP contribution is 2.39. The van der Waals surface area contributed by atoms with Crippen molar-refractivity contribution in [2.45, 2.75) is 71.6 Å². The molecule has 0 aliphatic carbocycles. The second-order valence-electron chi connectivity index (χ2n) is 12.7. The molecule has 270 valence electrons. The van der Waals surface area contributed by atoms with E-state index in [-0.39, 0.29) is 12.2 Å². The molecule has 2 unspecified atom stereocenters. The number of hydrogen-bond donors (Lipinski definition) is 0. The van der Waals surface area contributed by atoms with E-state index in [0.717, 1.165) is 88.1 Å². The lowest BCUT2D eigenvalue weighted by molar-refractivity contribution is 0.0696. The molecule has 0 spiro atoms. The average Bonchev–Trinajstić information content (AvgIpc) is 4.06. The third-order valence-electron chi connectivity index (χ3n) is 8.89. The molecule has 2 fully saturated rings. The molecular formula is C40H52O9Si. The molecule has 0 aromatic heterocycles. The molecule has 2 aliphatic rings. The van der Waals surface area contributed by atoms with Crippen molar-refractivity contribution in [2.75, 3.05) is 59.5 Å². The zero-order valence-corrected chi connectivity index (χ0v) is 31.0. The minimum absolute atomic E-state index is 0.134. The van der Waals surface area contributed by atoms with Gasteiger partial charge in [-0.3, -0.25) is 0 Å². The smallest absolute Gasteiger partial charge is 0.494 e. The molecule has 0 N–H and O–H groups in total. The number of unbranched alkanes of at least 4 members (excludes halogenated alkanes) is 1. The van der Waals surface area contributed by atoms with Crippen LogP contribution in [0.5, 0.6) is 23.0 Å². The molecule has 9 nitrogen and oxygen atoms in total. The molecule has 10 heteroatoms. The third-order valence-corrected chi connectivity index (χ3v) is 12.0. The van der Waals surface area contributed by atoms with E-state index in [1.807, 2.05) is 26.8 Å². The topological polar surface area (TPSA) is 89.7 Å². The van der Waals surface area contributed by atoms with E-state index in [4.69, 9.17) is 41.7 Å². The first-order valence-electron chi connectivity index (χ1n) is 18.3. The van der Waals surface area contributed by atoms with Crippen molar-refractivity contribution >= 4 is 30.3 Å². The van der Waals surface area contributed by atoms with Crippen molar-refractivity contribution in [1.29, 1.82) is 0 Å². The normalized spacial score (nSPS) is 16.9. The first kappa shape index (κ1) is 36.4. The lowest BCUT2D eigenvalue weighted by Gasteiger charge is -2.28. The summed E-state index contributed by atoms with van der Waals surface area (Å²) in [7, 11) is -2.79. The van der Waals surface area contributed by atoms with Gasteiger partial charge in [0, 0.05) is 43.4 Å². The van der Waals surface area contributed by atoms with E-state index >= 15 is 0 Å². The van der Waals surface area contributed by atoms with Crippen LogP contribution in [-0.4, -0.2) is 80.5 Å². The summed E-state index contributed by atoms with van der Waals surface area (Å²) >= 11 is 0. The zero-order chi connectivity index (χ0) is 34.8. The quantitative estimate of drug-likeness (QED) is 0.0431.